The molecule has 1 aliphatic carbocycles. The Bertz CT molecular complexity index is 1200. The average molecular weight is 593 g/mol. The van der Waals surface area contributed by atoms with Gasteiger partial charge in [-0.1, -0.05) is 39.8 Å². The van der Waals surface area contributed by atoms with Crippen molar-refractivity contribution in [2.75, 3.05) is 6.54 Å². The molecule has 2 aliphatic rings. The fourth-order valence-electron chi connectivity index (χ4n) is 5.23. The van der Waals surface area contributed by atoms with E-state index in [0.717, 1.165) is 6.42 Å². The van der Waals surface area contributed by atoms with Gasteiger partial charge in [-0.2, -0.15) is 0 Å². The molecule has 3 rings (SSSR count). The zero-order valence-electron chi connectivity index (χ0n) is 23.9. The fourth-order valence-corrected chi connectivity index (χ4v) is 5.62. The Morgan fingerprint density at radius 3 is 2.34 bits per heavy atom. The van der Waals surface area contributed by atoms with Crippen LogP contribution in [-0.2, 0) is 23.7 Å². The number of carbonyl (C=O) groups is 4. The number of amides is 4. The van der Waals surface area contributed by atoms with Crippen LogP contribution in [0.3, 0.4) is 0 Å². The van der Waals surface area contributed by atoms with E-state index in [1.807, 2.05) is 27.7 Å². The van der Waals surface area contributed by atoms with Crippen molar-refractivity contribution >= 4 is 37.5 Å². The zero-order valence-corrected chi connectivity index (χ0v) is 24.8. The summed E-state index contributed by atoms with van der Waals surface area (Å²) < 4.78 is 15.5. The number of benzene rings is 1. The number of likely N-dealkylation sites (tertiary alicyclic amines) is 1. The summed E-state index contributed by atoms with van der Waals surface area (Å²) in [5, 5.41) is 5.83. The Balaban J connectivity index is 1.67. The first-order valence-electron chi connectivity index (χ1n) is 13.9. The third-order valence-electron chi connectivity index (χ3n) is 7.39. The highest BCUT2D eigenvalue weighted by molar-refractivity contribution is 7.46. The van der Waals surface area contributed by atoms with Crippen molar-refractivity contribution in [3.63, 3.8) is 0 Å². The molecule has 0 radical (unpaired) electrons. The maximum atomic E-state index is 13.7. The Labute approximate surface area is 240 Å². The lowest BCUT2D eigenvalue weighted by Gasteiger charge is -2.32. The van der Waals surface area contributed by atoms with Crippen molar-refractivity contribution in [1.82, 2.24) is 15.5 Å². The fraction of sp³-hybridized carbons (Fsp3) is 0.571. The molecule has 1 aliphatic heterocycles. The summed E-state index contributed by atoms with van der Waals surface area (Å²) in [7, 11) is -4.67. The number of hydrogen-bond donors (Lipinski definition) is 5. The van der Waals surface area contributed by atoms with Crippen LogP contribution in [0.1, 0.15) is 58.9 Å². The van der Waals surface area contributed by atoms with Gasteiger partial charge >= 0.3 is 7.82 Å². The van der Waals surface area contributed by atoms with Crippen LogP contribution < -0.4 is 20.9 Å². The van der Waals surface area contributed by atoms with E-state index in [1.54, 1.807) is 4.90 Å². The van der Waals surface area contributed by atoms with Gasteiger partial charge in [0.05, 0.1) is 0 Å². The number of primary amides is 1. The molecule has 0 unspecified atom stereocenters. The summed E-state index contributed by atoms with van der Waals surface area (Å²) in [5.74, 6) is -0.976. The molecule has 2 fully saturated rings. The van der Waals surface area contributed by atoms with E-state index in [1.165, 1.54) is 36.4 Å². The molecule has 41 heavy (non-hydrogen) atoms. The number of nitrogens with zero attached hydrogens (tertiary/aromatic N) is 1. The Morgan fingerprint density at radius 2 is 1.78 bits per heavy atom. The van der Waals surface area contributed by atoms with Crippen LogP contribution in [0.4, 0.5) is 0 Å². The molecule has 12 nitrogen and oxygen atoms in total. The van der Waals surface area contributed by atoms with Crippen molar-refractivity contribution in [2.24, 2.45) is 29.4 Å². The van der Waals surface area contributed by atoms with Crippen LogP contribution in [0, 0.1) is 23.7 Å². The molecular weight excluding hydrogens is 551 g/mol. The summed E-state index contributed by atoms with van der Waals surface area (Å²) in [6.45, 7) is 8.26. The van der Waals surface area contributed by atoms with E-state index in [-0.39, 0.29) is 53.7 Å². The van der Waals surface area contributed by atoms with Gasteiger partial charge in [-0.3, -0.25) is 29.0 Å². The summed E-state index contributed by atoms with van der Waals surface area (Å²) >= 11 is 0. The van der Waals surface area contributed by atoms with Crippen LogP contribution in [0.15, 0.2) is 30.3 Å². The van der Waals surface area contributed by atoms with Crippen LogP contribution in [-0.4, -0.2) is 63.0 Å². The van der Waals surface area contributed by atoms with Gasteiger partial charge in [0.2, 0.25) is 23.6 Å². The number of carbonyl (C=O) groups excluding carboxylic acids is 4. The predicted octanol–water partition coefficient (Wildman–Crippen LogP) is 1.96. The van der Waals surface area contributed by atoms with Crippen LogP contribution in [0.5, 0.6) is 5.75 Å². The lowest BCUT2D eigenvalue weighted by Crippen LogP contribution is -2.56. The van der Waals surface area contributed by atoms with Gasteiger partial charge in [-0.25, -0.2) is 4.57 Å². The maximum Gasteiger partial charge on any atom is 0.524 e. The number of hydrogen-bond acceptors (Lipinski definition) is 6. The Morgan fingerprint density at radius 1 is 1.12 bits per heavy atom. The van der Waals surface area contributed by atoms with E-state index in [9.17, 15) is 23.7 Å². The minimum Gasteiger partial charge on any atom is -0.404 e. The van der Waals surface area contributed by atoms with E-state index in [2.05, 4.69) is 15.2 Å². The van der Waals surface area contributed by atoms with E-state index >= 15 is 0 Å². The van der Waals surface area contributed by atoms with E-state index < -0.39 is 31.7 Å². The SMILES string of the molecule is CC(C)C[C@H](NC(=O)/C=C/c1ccc(OP(=O)(O)O)cc1)C(=O)N1C[C@H]2C[C@H]2[C@H]1C(=O)N[C@@H](CCC(N)=O)C(C)C. The highest BCUT2D eigenvalue weighted by Crippen LogP contribution is 2.50. The minimum atomic E-state index is -4.67. The van der Waals surface area contributed by atoms with E-state index in [0.29, 0.717) is 24.9 Å². The normalized spacial score (nSPS) is 21.5. The first-order valence-corrected chi connectivity index (χ1v) is 15.4. The molecule has 4 amide bonds. The second-order valence-electron chi connectivity index (χ2n) is 11.6. The second kappa shape index (κ2) is 13.6. The summed E-state index contributed by atoms with van der Waals surface area (Å²) in [5.41, 5.74) is 5.88. The molecule has 0 aromatic heterocycles. The quantitative estimate of drug-likeness (QED) is 0.160. The highest BCUT2D eigenvalue weighted by Gasteiger charge is 2.57. The molecule has 5 atom stereocenters. The zero-order chi connectivity index (χ0) is 30.5. The number of phosphoric ester groups is 1. The Hall–Kier alpha value is -3.21. The van der Waals surface area contributed by atoms with E-state index in [4.69, 9.17) is 15.5 Å². The van der Waals surface area contributed by atoms with Gasteiger partial charge in [0, 0.05) is 25.1 Å². The monoisotopic (exact) mass is 592 g/mol. The molecule has 1 saturated carbocycles. The first-order chi connectivity index (χ1) is 19.1. The van der Waals surface area contributed by atoms with Gasteiger partial charge in [0.1, 0.15) is 17.8 Å². The Kier molecular flexibility index (Phi) is 10.7. The van der Waals surface area contributed by atoms with Crippen molar-refractivity contribution in [1.29, 1.82) is 0 Å². The molecular formula is C28H41N4O8P. The molecule has 0 bridgehead atoms. The third kappa shape index (κ3) is 9.69. The number of nitrogens with two attached hydrogens (primary N) is 1. The van der Waals surface area contributed by atoms with Crippen molar-refractivity contribution in [3.05, 3.63) is 35.9 Å². The largest absolute Gasteiger partial charge is 0.524 e. The molecule has 1 aromatic rings. The molecule has 0 spiro atoms. The molecule has 6 N–H and O–H groups in total. The number of nitrogens with one attached hydrogen (secondary N) is 2. The maximum absolute atomic E-state index is 13.7. The first kappa shape index (κ1) is 32.3. The lowest BCUT2D eigenvalue weighted by molar-refractivity contribution is -0.142. The minimum absolute atomic E-state index is 0.0163. The van der Waals surface area contributed by atoms with Crippen LogP contribution >= 0.6 is 7.82 Å². The van der Waals surface area contributed by atoms with Gasteiger partial charge in [0.15, 0.2) is 0 Å². The third-order valence-corrected chi connectivity index (χ3v) is 7.84. The number of piperidine rings is 1. The average Bonchev–Trinajstić information content (AvgIpc) is 3.52. The predicted molar refractivity (Wildman–Crippen MR) is 152 cm³/mol. The standard InChI is InChI=1S/C28H41N4O8P/c1-16(2)13-23(30-25(34)12-7-18-5-8-20(9-6-18)40-41(37,38)39)28(36)32-15-19-14-21(19)26(32)27(35)31-22(17(3)4)10-11-24(29)33/h5-9,12,16-17,19,21-23,26H,10-11,13-15H2,1-4H3,(H2,29,33)(H,30,34)(H,31,35)(H2,37,38,39)/b12-7+/t19-,21-,22+,23+,26+/m1/s1. The van der Waals surface area contributed by atoms with Gasteiger partial charge in [0.25, 0.3) is 0 Å². The number of phosphoric acid groups is 1. The molecule has 1 saturated heterocycles. The highest BCUT2D eigenvalue weighted by atomic mass is 31.2. The van der Waals surface area contributed by atoms with Gasteiger partial charge < -0.3 is 25.8 Å². The number of fused-ring (bicyclic) bond motifs is 1. The smallest absolute Gasteiger partial charge is 0.404 e. The molecule has 1 aromatic carbocycles. The van der Waals surface area contributed by atoms with Crippen LogP contribution in [0.2, 0.25) is 0 Å². The summed E-state index contributed by atoms with van der Waals surface area (Å²) in [6.07, 6.45) is 4.62. The topological polar surface area (TPSA) is 188 Å². The van der Waals surface area contributed by atoms with Crippen molar-refractivity contribution in [2.45, 2.75) is 71.5 Å². The van der Waals surface area contributed by atoms with Gasteiger partial charge in [-0.05, 0) is 66.7 Å². The summed E-state index contributed by atoms with van der Waals surface area (Å²) in [4.78, 5) is 70.6. The molecule has 1 heterocycles. The molecule has 13 heteroatoms. The van der Waals surface area contributed by atoms with Crippen molar-refractivity contribution < 1.29 is 38.1 Å². The van der Waals surface area contributed by atoms with Crippen molar-refractivity contribution in [3.8, 4) is 5.75 Å². The molecule has 226 valence electrons. The lowest BCUT2D eigenvalue weighted by atomic mass is 9.97. The van der Waals surface area contributed by atoms with Crippen LogP contribution in [0.25, 0.3) is 6.08 Å². The summed E-state index contributed by atoms with van der Waals surface area (Å²) in [6, 6.07) is 4.08. The van der Waals surface area contributed by atoms with Gasteiger partial charge in [-0.15, -0.1) is 0 Å². The number of rotatable bonds is 14. The second-order valence-corrected chi connectivity index (χ2v) is 12.8.